The molecule has 0 aliphatic carbocycles. The minimum atomic E-state index is -1.09. The van der Waals surface area contributed by atoms with Crippen molar-refractivity contribution in [3.8, 4) is 0 Å². The van der Waals surface area contributed by atoms with Crippen LogP contribution in [-0.2, 0) is 0 Å². The van der Waals surface area contributed by atoms with Gasteiger partial charge in [-0.1, -0.05) is 0 Å². The van der Waals surface area contributed by atoms with Crippen molar-refractivity contribution in [2.45, 2.75) is 12.2 Å². The molecule has 2 atom stereocenters. The number of aliphatic hydroxyl groups excluding tert-OH is 2. The number of pyridine rings is 1. The van der Waals surface area contributed by atoms with E-state index in [1.807, 2.05) is 0 Å². The number of thiol groups is 1. The fourth-order valence-electron chi connectivity index (χ4n) is 1.01. The van der Waals surface area contributed by atoms with Crippen molar-refractivity contribution < 1.29 is 10.2 Å². The molecule has 2 unspecified atom stereocenters. The van der Waals surface area contributed by atoms with Crippen molar-refractivity contribution in [3.63, 3.8) is 0 Å². The van der Waals surface area contributed by atoms with E-state index in [9.17, 15) is 15.0 Å². The topological polar surface area (TPSA) is 99.3 Å². The first-order valence-corrected chi connectivity index (χ1v) is 4.64. The highest BCUT2D eigenvalue weighted by atomic mass is 32.1. The number of aromatic amines is 1. The van der Waals surface area contributed by atoms with E-state index < -0.39 is 17.8 Å². The molecule has 0 fully saturated rings. The normalized spacial score (nSPS) is 15.1. The third-order valence-electron chi connectivity index (χ3n) is 1.85. The fraction of sp³-hybridized carbons (Fsp3) is 0.375. The summed E-state index contributed by atoms with van der Waals surface area (Å²) in [5, 5.41) is 18.8. The van der Waals surface area contributed by atoms with Gasteiger partial charge in [0.25, 0.3) is 5.56 Å². The van der Waals surface area contributed by atoms with E-state index in [-0.39, 0.29) is 11.4 Å². The predicted octanol–water partition coefficient (Wildman–Crippen LogP) is -0.719. The molecule has 0 spiro atoms. The molecule has 0 radical (unpaired) electrons. The van der Waals surface area contributed by atoms with Gasteiger partial charge in [0.2, 0.25) is 0 Å². The van der Waals surface area contributed by atoms with Crippen molar-refractivity contribution in [1.82, 2.24) is 4.98 Å². The van der Waals surface area contributed by atoms with Crippen LogP contribution in [0.4, 0.5) is 5.69 Å². The van der Waals surface area contributed by atoms with E-state index in [0.717, 1.165) is 0 Å². The number of anilines is 1. The van der Waals surface area contributed by atoms with Gasteiger partial charge in [0.05, 0.1) is 11.8 Å². The average molecular weight is 216 g/mol. The smallest absolute Gasteiger partial charge is 0.271 e. The molecule has 1 rings (SSSR count). The highest BCUT2D eigenvalue weighted by Crippen LogP contribution is 2.16. The van der Waals surface area contributed by atoms with Gasteiger partial charge in [0.1, 0.15) is 6.10 Å². The summed E-state index contributed by atoms with van der Waals surface area (Å²) in [4.78, 5) is 13.2. The lowest BCUT2D eigenvalue weighted by atomic mass is 10.1. The quantitative estimate of drug-likeness (QED) is 0.431. The minimum absolute atomic E-state index is 0.00733. The van der Waals surface area contributed by atoms with Crippen molar-refractivity contribution >= 4 is 18.3 Å². The number of rotatable bonds is 3. The molecule has 6 heteroatoms. The molecule has 78 valence electrons. The van der Waals surface area contributed by atoms with Gasteiger partial charge in [-0.05, 0) is 6.07 Å². The third-order valence-corrected chi connectivity index (χ3v) is 2.22. The Morgan fingerprint density at radius 1 is 1.57 bits per heavy atom. The summed E-state index contributed by atoms with van der Waals surface area (Å²) < 4.78 is 0. The Hall–Kier alpha value is -0.980. The van der Waals surface area contributed by atoms with E-state index in [0.29, 0.717) is 5.56 Å². The Bertz CT molecular complexity index is 366. The molecule has 14 heavy (non-hydrogen) atoms. The zero-order chi connectivity index (χ0) is 10.7. The van der Waals surface area contributed by atoms with Crippen molar-refractivity contribution in [3.05, 3.63) is 28.2 Å². The van der Waals surface area contributed by atoms with Gasteiger partial charge in [-0.25, -0.2) is 0 Å². The number of nitrogens with one attached hydrogen (secondary N) is 1. The number of aromatic nitrogens is 1. The zero-order valence-corrected chi connectivity index (χ0v) is 8.24. The highest BCUT2D eigenvalue weighted by molar-refractivity contribution is 7.80. The lowest BCUT2D eigenvalue weighted by Gasteiger charge is -2.15. The van der Waals surface area contributed by atoms with E-state index in [1.54, 1.807) is 0 Å². The van der Waals surface area contributed by atoms with Gasteiger partial charge < -0.3 is 20.9 Å². The predicted molar refractivity (Wildman–Crippen MR) is 56.3 cm³/mol. The summed E-state index contributed by atoms with van der Waals surface area (Å²) in [6, 6.07) is 1.33. The van der Waals surface area contributed by atoms with Crippen LogP contribution in [0, 0.1) is 0 Å². The Labute approximate surface area is 86.0 Å². The maximum Gasteiger partial charge on any atom is 0.271 e. The van der Waals surface area contributed by atoms with Crippen LogP contribution in [0.5, 0.6) is 0 Å². The number of nitrogen functional groups attached to an aromatic ring is 1. The number of hydrogen-bond donors (Lipinski definition) is 5. The Morgan fingerprint density at radius 3 is 2.71 bits per heavy atom. The summed E-state index contributed by atoms with van der Waals surface area (Å²) in [6.07, 6.45) is -0.758. The largest absolute Gasteiger partial charge is 0.394 e. The molecular formula is C8H12N2O3S. The van der Waals surface area contributed by atoms with Gasteiger partial charge in [0, 0.05) is 17.5 Å². The second-order valence-corrected chi connectivity index (χ2v) is 3.28. The average Bonchev–Trinajstić information content (AvgIpc) is 2.20. The molecule has 0 aliphatic rings. The van der Waals surface area contributed by atoms with Gasteiger partial charge in [-0.3, -0.25) is 4.79 Å². The van der Waals surface area contributed by atoms with Gasteiger partial charge >= 0.3 is 0 Å². The molecule has 0 saturated heterocycles. The van der Waals surface area contributed by atoms with E-state index >= 15 is 0 Å². The molecule has 0 aromatic carbocycles. The van der Waals surface area contributed by atoms with Crippen LogP contribution in [-0.4, -0.2) is 27.1 Å². The monoisotopic (exact) mass is 216 g/mol. The van der Waals surface area contributed by atoms with Crippen LogP contribution in [0.1, 0.15) is 11.7 Å². The summed E-state index contributed by atoms with van der Waals surface area (Å²) in [5.41, 5.74) is 5.30. The first kappa shape index (κ1) is 11.1. The maximum atomic E-state index is 10.9. The molecule has 1 heterocycles. The molecule has 0 saturated carbocycles. The lowest BCUT2D eigenvalue weighted by molar-refractivity contribution is 0.0336. The van der Waals surface area contributed by atoms with Crippen LogP contribution in [0.3, 0.4) is 0 Å². The van der Waals surface area contributed by atoms with Crippen molar-refractivity contribution in [2.24, 2.45) is 0 Å². The van der Waals surface area contributed by atoms with E-state index in [1.165, 1.54) is 12.3 Å². The zero-order valence-electron chi connectivity index (χ0n) is 7.34. The lowest BCUT2D eigenvalue weighted by Crippen LogP contribution is -2.21. The molecule has 0 bridgehead atoms. The van der Waals surface area contributed by atoms with Crippen LogP contribution in [0.15, 0.2) is 17.1 Å². The molecule has 1 aromatic heterocycles. The Morgan fingerprint density at radius 2 is 2.21 bits per heavy atom. The second-order valence-electron chi connectivity index (χ2n) is 2.91. The van der Waals surface area contributed by atoms with Crippen LogP contribution >= 0.6 is 12.6 Å². The van der Waals surface area contributed by atoms with Gasteiger partial charge in [-0.15, -0.1) is 0 Å². The SMILES string of the molecule is Nc1cc(C(O)C(O)CS)c[nH]c1=O. The summed E-state index contributed by atoms with van der Waals surface area (Å²) >= 11 is 3.84. The fourth-order valence-corrected chi connectivity index (χ4v) is 1.21. The molecule has 0 amide bonds. The molecule has 1 aromatic rings. The van der Waals surface area contributed by atoms with Crippen molar-refractivity contribution in [2.75, 3.05) is 11.5 Å². The van der Waals surface area contributed by atoms with Gasteiger partial charge in [-0.2, -0.15) is 12.6 Å². The number of H-pyrrole nitrogens is 1. The Kier molecular flexibility index (Phi) is 3.56. The third kappa shape index (κ3) is 2.28. The summed E-state index contributed by atoms with van der Waals surface area (Å²) in [5.74, 6) is 0.125. The van der Waals surface area contributed by atoms with Gasteiger partial charge in [0.15, 0.2) is 0 Å². The van der Waals surface area contributed by atoms with Crippen LogP contribution in [0.2, 0.25) is 0 Å². The number of nitrogens with two attached hydrogens (primary N) is 1. The molecular weight excluding hydrogens is 204 g/mol. The summed E-state index contributed by atoms with van der Waals surface area (Å²) in [6.45, 7) is 0. The van der Waals surface area contributed by atoms with E-state index in [4.69, 9.17) is 5.73 Å². The second kappa shape index (κ2) is 4.50. The van der Waals surface area contributed by atoms with Crippen LogP contribution < -0.4 is 11.3 Å². The molecule has 0 aliphatic heterocycles. The Balaban J connectivity index is 2.96. The molecule has 5 N–H and O–H groups in total. The van der Waals surface area contributed by atoms with Crippen molar-refractivity contribution in [1.29, 1.82) is 0 Å². The summed E-state index contributed by atoms with van der Waals surface area (Å²) in [7, 11) is 0. The first-order chi connectivity index (χ1) is 6.56. The number of aliphatic hydroxyl groups is 2. The molecule has 5 nitrogen and oxygen atoms in total. The maximum absolute atomic E-state index is 10.9. The van der Waals surface area contributed by atoms with Crippen LogP contribution in [0.25, 0.3) is 0 Å². The minimum Gasteiger partial charge on any atom is -0.394 e. The first-order valence-electron chi connectivity index (χ1n) is 4.01. The highest BCUT2D eigenvalue weighted by Gasteiger charge is 2.17. The standard InChI is InChI=1S/C8H12N2O3S/c9-5-1-4(2-10-8(5)13)7(12)6(11)3-14/h1-2,6-7,11-12,14H,3,9H2,(H,10,13). The van der Waals surface area contributed by atoms with E-state index in [2.05, 4.69) is 17.6 Å². The number of hydrogen-bond acceptors (Lipinski definition) is 5.